The van der Waals surface area contributed by atoms with Crippen LogP contribution in [0.25, 0.3) is 0 Å². The van der Waals surface area contributed by atoms with Crippen LogP contribution >= 0.6 is 15.9 Å². The number of methoxy groups -OCH3 is 1. The van der Waals surface area contributed by atoms with Crippen molar-refractivity contribution in [3.05, 3.63) is 64.1 Å². The summed E-state index contributed by atoms with van der Waals surface area (Å²) in [6.45, 7) is 1.48. The van der Waals surface area contributed by atoms with Crippen molar-refractivity contribution in [3.63, 3.8) is 0 Å². The van der Waals surface area contributed by atoms with Gasteiger partial charge in [-0.05, 0) is 52.5 Å². The molecule has 2 aromatic rings. The molecule has 26 heavy (non-hydrogen) atoms. The number of ether oxygens (including phenoxy) is 1. The van der Waals surface area contributed by atoms with E-state index < -0.39 is 6.04 Å². The topological polar surface area (TPSA) is 58.6 Å². The summed E-state index contributed by atoms with van der Waals surface area (Å²) < 4.78 is 5.89. The van der Waals surface area contributed by atoms with Crippen molar-refractivity contribution in [2.24, 2.45) is 0 Å². The first-order valence-corrected chi connectivity index (χ1v) is 9.37. The second kappa shape index (κ2) is 8.36. The Morgan fingerprint density at radius 3 is 2.42 bits per heavy atom. The number of likely N-dealkylation sites (tertiary alicyclic amines) is 1. The van der Waals surface area contributed by atoms with Crippen LogP contribution in [0.15, 0.2) is 53.0 Å². The largest absolute Gasteiger partial charge is 0.496 e. The summed E-state index contributed by atoms with van der Waals surface area (Å²) in [5.41, 5.74) is 1.25. The summed E-state index contributed by atoms with van der Waals surface area (Å²) in [5.74, 6) is 0.290. The number of nitrogens with one attached hydrogen (secondary N) is 1. The molecule has 0 bridgehead atoms. The first-order chi connectivity index (χ1) is 12.6. The van der Waals surface area contributed by atoms with E-state index in [9.17, 15) is 9.59 Å². The van der Waals surface area contributed by atoms with Gasteiger partial charge in [-0.25, -0.2) is 0 Å². The van der Waals surface area contributed by atoms with Crippen molar-refractivity contribution in [2.75, 3.05) is 20.2 Å². The first-order valence-electron chi connectivity index (χ1n) is 8.58. The number of hydrogen-bond donors (Lipinski definition) is 1. The molecule has 3 rings (SSSR count). The number of rotatable bonds is 5. The molecular weight excluding hydrogens is 396 g/mol. The van der Waals surface area contributed by atoms with Crippen LogP contribution in [0.1, 0.15) is 34.8 Å². The highest BCUT2D eigenvalue weighted by Gasteiger charge is 2.29. The van der Waals surface area contributed by atoms with Crippen molar-refractivity contribution in [2.45, 2.75) is 18.9 Å². The molecule has 0 saturated carbocycles. The molecular formula is C20H21BrN2O3. The molecule has 5 nitrogen and oxygen atoms in total. The van der Waals surface area contributed by atoms with Gasteiger partial charge in [-0.15, -0.1) is 0 Å². The molecule has 1 saturated heterocycles. The van der Waals surface area contributed by atoms with Gasteiger partial charge in [0.05, 0.1) is 11.6 Å². The molecule has 1 aliphatic rings. The molecule has 0 aliphatic carbocycles. The maximum absolute atomic E-state index is 13.0. The van der Waals surface area contributed by atoms with Gasteiger partial charge in [-0.1, -0.05) is 30.3 Å². The van der Waals surface area contributed by atoms with Crippen molar-refractivity contribution in [1.29, 1.82) is 0 Å². The molecule has 1 fully saturated rings. The van der Waals surface area contributed by atoms with E-state index in [0.29, 0.717) is 15.8 Å². The number of halogens is 1. The van der Waals surface area contributed by atoms with Crippen LogP contribution < -0.4 is 10.1 Å². The van der Waals surface area contributed by atoms with E-state index in [1.54, 1.807) is 25.3 Å². The summed E-state index contributed by atoms with van der Waals surface area (Å²) in [6, 6.07) is 13.8. The van der Waals surface area contributed by atoms with Crippen molar-refractivity contribution in [3.8, 4) is 5.75 Å². The molecule has 1 atom stereocenters. The third-order valence-corrected chi connectivity index (χ3v) is 5.11. The maximum atomic E-state index is 13.0. The van der Waals surface area contributed by atoms with Gasteiger partial charge in [0.25, 0.3) is 5.91 Å². The van der Waals surface area contributed by atoms with Crippen LogP contribution in [0.4, 0.5) is 0 Å². The van der Waals surface area contributed by atoms with E-state index in [-0.39, 0.29) is 11.8 Å². The SMILES string of the molecule is COc1ccc(C(=O)N[C@@H](C(=O)N2CCCC2)c2ccccc2)cc1Br. The predicted octanol–water partition coefficient (Wildman–Crippen LogP) is 3.55. The Kier molecular flexibility index (Phi) is 5.93. The van der Waals surface area contributed by atoms with Gasteiger partial charge in [0.2, 0.25) is 5.91 Å². The predicted molar refractivity (Wildman–Crippen MR) is 103 cm³/mol. The zero-order valence-electron chi connectivity index (χ0n) is 14.6. The molecule has 2 aromatic carbocycles. The molecule has 0 unspecified atom stereocenters. The second-order valence-electron chi connectivity index (χ2n) is 6.20. The monoisotopic (exact) mass is 416 g/mol. The maximum Gasteiger partial charge on any atom is 0.252 e. The van der Waals surface area contributed by atoms with Gasteiger partial charge in [0.1, 0.15) is 11.8 Å². The minimum Gasteiger partial charge on any atom is -0.496 e. The Morgan fingerprint density at radius 1 is 1.12 bits per heavy atom. The molecule has 1 heterocycles. The van der Waals surface area contributed by atoms with Crippen LogP contribution in [0.2, 0.25) is 0 Å². The quantitative estimate of drug-likeness (QED) is 0.810. The lowest BCUT2D eigenvalue weighted by Crippen LogP contribution is -2.41. The van der Waals surface area contributed by atoms with E-state index in [1.807, 2.05) is 35.2 Å². The van der Waals surface area contributed by atoms with E-state index in [1.165, 1.54) is 0 Å². The van der Waals surface area contributed by atoms with Crippen molar-refractivity contribution in [1.82, 2.24) is 10.2 Å². The number of nitrogens with zero attached hydrogens (tertiary/aromatic N) is 1. The van der Waals surface area contributed by atoms with E-state index in [0.717, 1.165) is 31.5 Å². The van der Waals surface area contributed by atoms with Crippen LogP contribution in [0.3, 0.4) is 0 Å². The molecule has 2 amide bonds. The van der Waals surface area contributed by atoms with Crippen molar-refractivity contribution >= 4 is 27.7 Å². The smallest absolute Gasteiger partial charge is 0.252 e. The van der Waals surface area contributed by atoms with E-state index >= 15 is 0 Å². The van der Waals surface area contributed by atoms with Crippen molar-refractivity contribution < 1.29 is 14.3 Å². The second-order valence-corrected chi connectivity index (χ2v) is 7.05. The molecule has 1 N–H and O–H groups in total. The van der Waals surface area contributed by atoms with Gasteiger partial charge in [-0.2, -0.15) is 0 Å². The molecule has 1 aliphatic heterocycles. The van der Waals surface area contributed by atoms with Gasteiger partial charge in [0.15, 0.2) is 0 Å². The fourth-order valence-corrected chi connectivity index (χ4v) is 3.62. The summed E-state index contributed by atoms with van der Waals surface area (Å²) >= 11 is 3.39. The zero-order chi connectivity index (χ0) is 18.5. The van der Waals surface area contributed by atoms with Gasteiger partial charge < -0.3 is 15.0 Å². The van der Waals surface area contributed by atoms with Crippen LogP contribution in [0.5, 0.6) is 5.75 Å². The number of benzene rings is 2. The highest BCUT2D eigenvalue weighted by atomic mass is 79.9. The average Bonchev–Trinajstić information content (AvgIpc) is 3.21. The highest BCUT2D eigenvalue weighted by Crippen LogP contribution is 2.26. The first kappa shape index (κ1) is 18.5. The summed E-state index contributed by atoms with van der Waals surface area (Å²) in [6.07, 6.45) is 2.01. The number of amides is 2. The van der Waals surface area contributed by atoms with Gasteiger partial charge in [0, 0.05) is 18.7 Å². The van der Waals surface area contributed by atoms with Crippen LogP contribution in [-0.2, 0) is 4.79 Å². The Morgan fingerprint density at radius 2 is 1.81 bits per heavy atom. The molecule has 0 aromatic heterocycles. The van der Waals surface area contributed by atoms with Gasteiger partial charge in [-0.3, -0.25) is 9.59 Å². The minimum absolute atomic E-state index is 0.0605. The Bertz CT molecular complexity index is 789. The minimum atomic E-state index is -0.692. The Hall–Kier alpha value is -2.34. The van der Waals surface area contributed by atoms with E-state index in [4.69, 9.17) is 4.74 Å². The standard InChI is InChI=1S/C20H21BrN2O3/c1-26-17-10-9-15(13-16(17)21)19(24)22-18(14-7-3-2-4-8-14)20(25)23-11-5-6-12-23/h2-4,7-10,13,18H,5-6,11-12H2,1H3,(H,22,24)/t18-/m1/s1. The Labute approximate surface area is 161 Å². The molecule has 6 heteroatoms. The normalized spacial score (nSPS) is 14.8. The number of hydrogen-bond acceptors (Lipinski definition) is 3. The molecule has 0 spiro atoms. The average molecular weight is 417 g/mol. The molecule has 136 valence electrons. The zero-order valence-corrected chi connectivity index (χ0v) is 16.2. The lowest BCUT2D eigenvalue weighted by atomic mass is 10.0. The third-order valence-electron chi connectivity index (χ3n) is 4.49. The third kappa shape index (κ3) is 4.07. The van der Waals surface area contributed by atoms with Crippen LogP contribution in [-0.4, -0.2) is 36.9 Å². The lowest BCUT2D eigenvalue weighted by Gasteiger charge is -2.24. The summed E-state index contributed by atoms with van der Waals surface area (Å²) in [5, 5.41) is 2.90. The Balaban J connectivity index is 1.84. The summed E-state index contributed by atoms with van der Waals surface area (Å²) in [7, 11) is 1.57. The van der Waals surface area contributed by atoms with E-state index in [2.05, 4.69) is 21.2 Å². The number of carbonyl (C=O) groups is 2. The number of carbonyl (C=O) groups excluding carboxylic acids is 2. The fourth-order valence-electron chi connectivity index (χ4n) is 3.08. The van der Waals surface area contributed by atoms with Gasteiger partial charge >= 0.3 is 0 Å². The summed E-state index contributed by atoms with van der Waals surface area (Å²) in [4.78, 5) is 27.5. The highest BCUT2D eigenvalue weighted by molar-refractivity contribution is 9.10. The van der Waals surface area contributed by atoms with Crippen LogP contribution in [0, 0.1) is 0 Å². The fraction of sp³-hybridized carbons (Fsp3) is 0.300. The lowest BCUT2D eigenvalue weighted by molar-refractivity contribution is -0.132. The molecule has 0 radical (unpaired) electrons.